The van der Waals surface area contributed by atoms with Gasteiger partial charge in [-0.15, -0.1) is 0 Å². The Morgan fingerprint density at radius 1 is 1.56 bits per heavy atom. The molecule has 88 valence electrons. The van der Waals surface area contributed by atoms with Crippen molar-refractivity contribution >= 4 is 11.7 Å². The Morgan fingerprint density at radius 2 is 2.19 bits per heavy atom. The second kappa shape index (κ2) is 4.51. The van der Waals surface area contributed by atoms with E-state index in [1.807, 2.05) is 6.92 Å². The van der Waals surface area contributed by atoms with E-state index < -0.39 is 17.2 Å². The number of carboxylic acid groups (broad SMARTS) is 1. The minimum atomic E-state index is -1.12. The molecular weight excluding hydrogens is 209 g/mol. The van der Waals surface area contributed by atoms with Gasteiger partial charge in [0.05, 0.1) is 5.41 Å². The first-order valence-corrected chi connectivity index (χ1v) is 5.20. The number of anilines is 1. The maximum absolute atomic E-state index is 13.1. The normalized spacial score (nSPS) is 14.4. The number of aliphatic carboxylic acids is 1. The molecule has 1 rings (SSSR count). The lowest BCUT2D eigenvalue weighted by Gasteiger charge is -2.26. The number of nitrogens with two attached hydrogens (primary N) is 1. The number of nitrogen functional groups attached to an aromatic ring is 1. The summed E-state index contributed by atoms with van der Waals surface area (Å²) in [6.07, 6.45) is 1.12. The molecule has 0 aliphatic rings. The second-order valence-corrected chi connectivity index (χ2v) is 4.12. The molecule has 4 heteroatoms. The van der Waals surface area contributed by atoms with Crippen LogP contribution in [0.1, 0.15) is 32.3 Å². The van der Waals surface area contributed by atoms with Gasteiger partial charge < -0.3 is 10.8 Å². The number of benzene rings is 1. The molecular formula is C12H16FNO2. The minimum Gasteiger partial charge on any atom is -0.481 e. The van der Waals surface area contributed by atoms with Crippen LogP contribution >= 0.6 is 0 Å². The smallest absolute Gasteiger partial charge is 0.313 e. The average molecular weight is 225 g/mol. The van der Waals surface area contributed by atoms with E-state index in [2.05, 4.69) is 0 Å². The van der Waals surface area contributed by atoms with E-state index in [1.54, 1.807) is 6.92 Å². The van der Waals surface area contributed by atoms with Gasteiger partial charge in [-0.05, 0) is 37.1 Å². The number of carboxylic acids is 1. The lowest BCUT2D eigenvalue weighted by atomic mass is 9.78. The average Bonchev–Trinajstić information content (AvgIpc) is 2.21. The Morgan fingerprint density at radius 3 is 2.69 bits per heavy atom. The molecule has 0 bridgehead atoms. The highest BCUT2D eigenvalue weighted by atomic mass is 19.1. The first-order valence-electron chi connectivity index (χ1n) is 5.20. The molecule has 1 unspecified atom stereocenters. The Bertz CT molecular complexity index is 406. The van der Waals surface area contributed by atoms with Crippen molar-refractivity contribution in [1.82, 2.24) is 0 Å². The molecule has 3 nitrogen and oxygen atoms in total. The summed E-state index contributed by atoms with van der Waals surface area (Å²) in [5, 5.41) is 9.25. The van der Waals surface area contributed by atoms with E-state index in [9.17, 15) is 14.3 Å². The van der Waals surface area contributed by atoms with Gasteiger partial charge in [-0.1, -0.05) is 13.3 Å². The molecule has 1 atom stereocenters. The number of rotatable bonds is 4. The predicted octanol–water partition coefficient (Wildman–Crippen LogP) is 2.55. The van der Waals surface area contributed by atoms with Crippen LogP contribution in [0.3, 0.4) is 0 Å². The maximum Gasteiger partial charge on any atom is 0.313 e. The van der Waals surface area contributed by atoms with Crippen molar-refractivity contribution in [3.8, 4) is 0 Å². The maximum atomic E-state index is 13.1. The summed E-state index contributed by atoms with van der Waals surface area (Å²) < 4.78 is 13.1. The zero-order valence-electron chi connectivity index (χ0n) is 9.46. The van der Waals surface area contributed by atoms with E-state index in [4.69, 9.17) is 5.73 Å². The Hall–Kier alpha value is -1.58. The van der Waals surface area contributed by atoms with Crippen molar-refractivity contribution < 1.29 is 14.3 Å². The van der Waals surface area contributed by atoms with Crippen LogP contribution in [0.4, 0.5) is 10.1 Å². The number of carbonyl (C=O) groups is 1. The molecule has 0 saturated carbocycles. The molecule has 0 saturated heterocycles. The van der Waals surface area contributed by atoms with Gasteiger partial charge in [0.2, 0.25) is 0 Å². The molecule has 0 fully saturated rings. The monoisotopic (exact) mass is 225 g/mol. The largest absolute Gasteiger partial charge is 0.481 e. The summed E-state index contributed by atoms with van der Waals surface area (Å²) in [7, 11) is 0. The lowest BCUT2D eigenvalue weighted by molar-refractivity contribution is -0.143. The van der Waals surface area contributed by atoms with Gasteiger partial charge in [-0.2, -0.15) is 0 Å². The fraction of sp³-hybridized carbons (Fsp3) is 0.417. The van der Waals surface area contributed by atoms with Crippen molar-refractivity contribution in [1.29, 1.82) is 0 Å². The third kappa shape index (κ3) is 2.15. The Labute approximate surface area is 94.1 Å². The van der Waals surface area contributed by atoms with Gasteiger partial charge in [-0.3, -0.25) is 4.79 Å². The molecule has 0 amide bonds. The van der Waals surface area contributed by atoms with Gasteiger partial charge in [0.25, 0.3) is 0 Å². The Balaban J connectivity index is 3.31. The van der Waals surface area contributed by atoms with E-state index >= 15 is 0 Å². The van der Waals surface area contributed by atoms with E-state index in [1.165, 1.54) is 18.2 Å². The number of hydrogen-bond acceptors (Lipinski definition) is 2. The highest BCUT2D eigenvalue weighted by Crippen LogP contribution is 2.33. The molecule has 0 spiro atoms. The molecule has 0 aliphatic carbocycles. The summed E-state index contributed by atoms with van der Waals surface area (Å²) in [4.78, 5) is 11.3. The Kier molecular flexibility index (Phi) is 3.52. The van der Waals surface area contributed by atoms with Gasteiger partial charge in [-0.25, -0.2) is 4.39 Å². The summed E-state index contributed by atoms with van der Waals surface area (Å²) in [5.74, 6) is -1.44. The first-order chi connectivity index (χ1) is 7.41. The second-order valence-electron chi connectivity index (χ2n) is 4.12. The topological polar surface area (TPSA) is 63.3 Å². The molecule has 1 aromatic rings. The molecule has 1 aromatic carbocycles. The third-order valence-electron chi connectivity index (χ3n) is 2.83. The fourth-order valence-corrected chi connectivity index (χ4v) is 1.86. The molecule has 0 aliphatic heterocycles. The summed E-state index contributed by atoms with van der Waals surface area (Å²) in [6.45, 7) is 3.46. The number of halogens is 1. The van der Waals surface area contributed by atoms with E-state index in [0.29, 0.717) is 24.1 Å². The van der Waals surface area contributed by atoms with Crippen molar-refractivity contribution in [2.75, 3.05) is 5.73 Å². The van der Waals surface area contributed by atoms with Crippen LogP contribution < -0.4 is 5.73 Å². The van der Waals surface area contributed by atoms with Crippen LogP contribution in [0.15, 0.2) is 18.2 Å². The molecule has 0 aromatic heterocycles. The zero-order chi connectivity index (χ0) is 12.3. The van der Waals surface area contributed by atoms with Gasteiger partial charge in [0.15, 0.2) is 0 Å². The third-order valence-corrected chi connectivity index (χ3v) is 2.83. The van der Waals surface area contributed by atoms with Gasteiger partial charge >= 0.3 is 5.97 Å². The van der Waals surface area contributed by atoms with Crippen LogP contribution in [0, 0.1) is 5.82 Å². The quantitative estimate of drug-likeness (QED) is 0.774. The highest BCUT2D eigenvalue weighted by molar-refractivity contribution is 5.83. The van der Waals surface area contributed by atoms with Gasteiger partial charge in [0, 0.05) is 5.69 Å². The van der Waals surface area contributed by atoms with Crippen LogP contribution in [-0.4, -0.2) is 11.1 Å². The molecule has 3 N–H and O–H groups in total. The van der Waals surface area contributed by atoms with Crippen molar-refractivity contribution in [3.05, 3.63) is 29.6 Å². The molecule has 0 radical (unpaired) electrons. The van der Waals surface area contributed by atoms with Crippen molar-refractivity contribution in [2.24, 2.45) is 0 Å². The van der Waals surface area contributed by atoms with Gasteiger partial charge in [0.1, 0.15) is 5.82 Å². The van der Waals surface area contributed by atoms with Crippen LogP contribution in [-0.2, 0) is 10.2 Å². The van der Waals surface area contributed by atoms with Crippen LogP contribution in [0.2, 0.25) is 0 Å². The van der Waals surface area contributed by atoms with E-state index in [0.717, 1.165) is 0 Å². The minimum absolute atomic E-state index is 0.319. The highest BCUT2D eigenvalue weighted by Gasteiger charge is 2.36. The van der Waals surface area contributed by atoms with E-state index in [-0.39, 0.29) is 0 Å². The SMILES string of the molecule is CCCC(C)(C(=O)O)c1cc(F)ccc1N. The van der Waals surface area contributed by atoms with Crippen LogP contribution in [0.25, 0.3) is 0 Å². The molecule has 0 heterocycles. The summed E-state index contributed by atoms with van der Waals surface area (Å²) in [6, 6.07) is 3.84. The zero-order valence-corrected chi connectivity index (χ0v) is 9.46. The number of hydrogen-bond donors (Lipinski definition) is 2. The first kappa shape index (κ1) is 12.5. The lowest BCUT2D eigenvalue weighted by Crippen LogP contribution is -2.33. The summed E-state index contributed by atoms with van der Waals surface area (Å²) in [5.41, 5.74) is 5.26. The fourth-order valence-electron chi connectivity index (χ4n) is 1.86. The van der Waals surface area contributed by atoms with Crippen LogP contribution in [0.5, 0.6) is 0 Å². The molecule has 16 heavy (non-hydrogen) atoms. The summed E-state index contributed by atoms with van der Waals surface area (Å²) >= 11 is 0. The van der Waals surface area contributed by atoms with Crippen molar-refractivity contribution in [2.45, 2.75) is 32.1 Å². The van der Waals surface area contributed by atoms with Crippen molar-refractivity contribution in [3.63, 3.8) is 0 Å². The standard InChI is InChI=1S/C12H16FNO2/c1-3-6-12(2,11(15)16)9-7-8(13)4-5-10(9)14/h4-5,7H,3,6,14H2,1-2H3,(H,15,16). The predicted molar refractivity (Wildman–Crippen MR) is 60.7 cm³/mol.